The molecule has 0 aromatic heterocycles. The smallest absolute Gasteiger partial charge is 0.0146 e. The van der Waals surface area contributed by atoms with E-state index < -0.39 is 0 Å². The molecule has 0 aliphatic heterocycles. The van der Waals surface area contributed by atoms with Crippen LogP contribution in [0.25, 0.3) is 0 Å². The molecule has 2 saturated carbocycles. The summed E-state index contributed by atoms with van der Waals surface area (Å²) in [6.07, 6.45) is 8.11. The van der Waals surface area contributed by atoms with Crippen molar-refractivity contribution in [2.45, 2.75) is 52.4 Å². The molecule has 0 aromatic carbocycles. The summed E-state index contributed by atoms with van der Waals surface area (Å²) in [5.41, 5.74) is 3.48. The Hall–Kier alpha value is -0.520. The van der Waals surface area contributed by atoms with E-state index in [-0.39, 0.29) is 0 Å². The monoisotopic (exact) mass is 204 g/mol. The maximum Gasteiger partial charge on any atom is -0.0146 e. The van der Waals surface area contributed by atoms with Gasteiger partial charge in [-0.15, -0.1) is 0 Å². The van der Waals surface area contributed by atoms with Crippen molar-refractivity contribution in [1.82, 2.24) is 0 Å². The van der Waals surface area contributed by atoms with Crippen LogP contribution in [0.5, 0.6) is 0 Å². The molecule has 0 spiro atoms. The van der Waals surface area contributed by atoms with E-state index in [9.17, 15) is 0 Å². The average molecular weight is 204 g/mol. The maximum absolute atomic E-state index is 4.31. The molecule has 0 heteroatoms. The normalized spacial score (nSPS) is 41.1. The van der Waals surface area contributed by atoms with Gasteiger partial charge in [0, 0.05) is 0 Å². The predicted molar refractivity (Wildman–Crippen MR) is 66.7 cm³/mol. The van der Waals surface area contributed by atoms with Gasteiger partial charge in [0.2, 0.25) is 0 Å². The van der Waals surface area contributed by atoms with Crippen LogP contribution in [0.2, 0.25) is 0 Å². The Balaban J connectivity index is 2.16. The van der Waals surface area contributed by atoms with Crippen molar-refractivity contribution in [1.29, 1.82) is 0 Å². The van der Waals surface area contributed by atoms with Gasteiger partial charge in [-0.3, -0.25) is 0 Å². The second kappa shape index (κ2) is 3.81. The summed E-state index contributed by atoms with van der Waals surface area (Å²) in [6.45, 7) is 13.1. The molecular weight excluding hydrogens is 180 g/mol. The highest BCUT2D eigenvalue weighted by Gasteiger charge is 2.42. The Morgan fingerprint density at radius 2 is 2.13 bits per heavy atom. The first-order valence-corrected chi connectivity index (χ1v) is 6.36. The molecule has 2 fully saturated rings. The Morgan fingerprint density at radius 3 is 2.80 bits per heavy atom. The van der Waals surface area contributed by atoms with Crippen LogP contribution in [0.4, 0.5) is 0 Å². The molecule has 0 amide bonds. The van der Waals surface area contributed by atoms with E-state index in [1.807, 2.05) is 0 Å². The SMILES string of the molecule is C=C(C)[C@@H]1CC[C@@]2(C)CCCC(=C)[C@H]2C1. The summed E-state index contributed by atoms with van der Waals surface area (Å²) in [4.78, 5) is 0. The van der Waals surface area contributed by atoms with Gasteiger partial charge in [0.15, 0.2) is 0 Å². The van der Waals surface area contributed by atoms with E-state index in [0.717, 1.165) is 11.8 Å². The lowest BCUT2D eigenvalue weighted by molar-refractivity contribution is 0.0832. The van der Waals surface area contributed by atoms with Gasteiger partial charge >= 0.3 is 0 Å². The van der Waals surface area contributed by atoms with E-state index in [1.54, 1.807) is 0 Å². The Morgan fingerprint density at radius 1 is 1.40 bits per heavy atom. The van der Waals surface area contributed by atoms with Gasteiger partial charge in [0.05, 0.1) is 0 Å². The molecule has 15 heavy (non-hydrogen) atoms. The largest absolute Gasteiger partial charge is 0.0999 e. The molecule has 2 aliphatic rings. The molecule has 0 bridgehead atoms. The van der Waals surface area contributed by atoms with Crippen LogP contribution in [0.3, 0.4) is 0 Å². The van der Waals surface area contributed by atoms with Crippen molar-refractivity contribution < 1.29 is 0 Å². The molecule has 0 N–H and O–H groups in total. The van der Waals surface area contributed by atoms with Crippen molar-refractivity contribution in [3.8, 4) is 0 Å². The van der Waals surface area contributed by atoms with Crippen LogP contribution in [0, 0.1) is 17.3 Å². The molecule has 0 radical (unpaired) electrons. The molecule has 0 nitrogen and oxygen atoms in total. The molecule has 0 unspecified atom stereocenters. The van der Waals surface area contributed by atoms with E-state index in [1.165, 1.54) is 49.7 Å². The maximum atomic E-state index is 4.31. The third-order valence-electron chi connectivity index (χ3n) is 4.86. The summed E-state index contributed by atoms with van der Waals surface area (Å²) in [5, 5.41) is 0. The zero-order valence-corrected chi connectivity index (χ0v) is 10.3. The second-order valence-corrected chi connectivity index (χ2v) is 6.04. The van der Waals surface area contributed by atoms with Gasteiger partial charge in [-0.1, -0.05) is 31.2 Å². The van der Waals surface area contributed by atoms with Crippen LogP contribution in [-0.2, 0) is 0 Å². The minimum absolute atomic E-state index is 0.571. The van der Waals surface area contributed by atoms with Gasteiger partial charge in [0.1, 0.15) is 0 Å². The minimum Gasteiger partial charge on any atom is -0.0999 e. The van der Waals surface area contributed by atoms with Gasteiger partial charge in [-0.25, -0.2) is 0 Å². The number of allylic oxidation sites excluding steroid dienone is 2. The highest BCUT2D eigenvalue weighted by molar-refractivity contribution is 5.15. The van der Waals surface area contributed by atoms with Crippen LogP contribution < -0.4 is 0 Å². The first-order chi connectivity index (χ1) is 7.03. The average Bonchev–Trinajstić information content (AvgIpc) is 2.17. The molecule has 0 heterocycles. The Labute approximate surface area is 94.5 Å². The highest BCUT2D eigenvalue weighted by atomic mass is 14.5. The fourth-order valence-electron chi connectivity index (χ4n) is 3.66. The number of hydrogen-bond donors (Lipinski definition) is 0. The standard InChI is InChI=1S/C15H24/c1-11(2)13-7-9-15(4)8-5-6-12(3)14(15)10-13/h13-14H,1,3,5-10H2,2,4H3/t13-,14-,15-/m1/s1. The van der Waals surface area contributed by atoms with E-state index >= 15 is 0 Å². The zero-order valence-electron chi connectivity index (χ0n) is 10.3. The Kier molecular flexibility index (Phi) is 2.79. The zero-order chi connectivity index (χ0) is 11.1. The summed E-state index contributed by atoms with van der Waals surface area (Å²) in [7, 11) is 0. The van der Waals surface area contributed by atoms with Crippen molar-refractivity contribution in [2.24, 2.45) is 17.3 Å². The lowest BCUT2D eigenvalue weighted by atomic mass is 9.56. The number of rotatable bonds is 1. The van der Waals surface area contributed by atoms with Crippen molar-refractivity contribution in [3.63, 3.8) is 0 Å². The first-order valence-electron chi connectivity index (χ1n) is 6.36. The summed E-state index contributed by atoms with van der Waals surface area (Å²) < 4.78 is 0. The fraction of sp³-hybridized carbons (Fsp3) is 0.733. The van der Waals surface area contributed by atoms with Gasteiger partial charge in [-0.2, -0.15) is 0 Å². The molecule has 0 saturated heterocycles. The third-order valence-corrected chi connectivity index (χ3v) is 4.86. The molecule has 2 aliphatic carbocycles. The van der Waals surface area contributed by atoms with Crippen LogP contribution in [0.1, 0.15) is 52.4 Å². The molecular formula is C15H24. The van der Waals surface area contributed by atoms with Crippen LogP contribution >= 0.6 is 0 Å². The minimum atomic E-state index is 0.571. The van der Waals surface area contributed by atoms with Gasteiger partial charge < -0.3 is 0 Å². The molecule has 84 valence electrons. The highest BCUT2D eigenvalue weighted by Crippen LogP contribution is 2.54. The van der Waals surface area contributed by atoms with Crippen molar-refractivity contribution in [3.05, 3.63) is 24.3 Å². The molecule has 3 atom stereocenters. The van der Waals surface area contributed by atoms with Gasteiger partial charge in [-0.05, 0) is 62.7 Å². The number of hydrogen-bond acceptors (Lipinski definition) is 0. The number of fused-ring (bicyclic) bond motifs is 1. The van der Waals surface area contributed by atoms with Crippen molar-refractivity contribution in [2.75, 3.05) is 0 Å². The topological polar surface area (TPSA) is 0 Å². The first kappa shape index (κ1) is 11.0. The quantitative estimate of drug-likeness (QED) is 0.542. The molecule has 0 aromatic rings. The summed E-state index contributed by atoms with van der Waals surface area (Å²) in [6, 6.07) is 0. The second-order valence-electron chi connectivity index (χ2n) is 6.04. The lowest BCUT2D eigenvalue weighted by Crippen LogP contribution is -2.38. The summed E-state index contributed by atoms with van der Waals surface area (Å²) in [5.74, 6) is 1.54. The summed E-state index contributed by atoms with van der Waals surface area (Å²) >= 11 is 0. The third kappa shape index (κ3) is 1.91. The van der Waals surface area contributed by atoms with Crippen LogP contribution in [0.15, 0.2) is 24.3 Å². The van der Waals surface area contributed by atoms with Gasteiger partial charge in [0.25, 0.3) is 0 Å². The van der Waals surface area contributed by atoms with E-state index in [0.29, 0.717) is 5.41 Å². The van der Waals surface area contributed by atoms with E-state index in [2.05, 4.69) is 27.0 Å². The van der Waals surface area contributed by atoms with E-state index in [4.69, 9.17) is 0 Å². The van der Waals surface area contributed by atoms with Crippen molar-refractivity contribution >= 4 is 0 Å². The molecule has 2 rings (SSSR count). The lowest BCUT2D eigenvalue weighted by Gasteiger charge is -2.49. The fourth-order valence-corrected chi connectivity index (χ4v) is 3.66. The predicted octanol–water partition coefficient (Wildman–Crippen LogP) is 4.73. The van der Waals surface area contributed by atoms with Crippen LogP contribution in [-0.4, -0.2) is 0 Å². The Bertz CT molecular complexity index is 286.